The Balaban J connectivity index is 2.02. The lowest BCUT2D eigenvalue weighted by Crippen LogP contribution is -2.46. The molecule has 118 valence electrons. The molecule has 0 aliphatic carbocycles. The van der Waals surface area contributed by atoms with Gasteiger partial charge in [-0.05, 0) is 38.3 Å². The van der Waals surface area contributed by atoms with Gasteiger partial charge in [0.25, 0.3) is 0 Å². The van der Waals surface area contributed by atoms with Crippen molar-refractivity contribution >= 4 is 10.0 Å². The molecular formula is C15H24N2O3S. The van der Waals surface area contributed by atoms with E-state index in [0.717, 1.165) is 25.0 Å². The molecule has 6 heteroatoms. The van der Waals surface area contributed by atoms with Gasteiger partial charge in [-0.1, -0.05) is 12.5 Å². The van der Waals surface area contributed by atoms with Crippen LogP contribution in [0.15, 0.2) is 24.4 Å². The van der Waals surface area contributed by atoms with E-state index in [1.165, 1.54) is 0 Å². The first-order valence-electron chi connectivity index (χ1n) is 7.56. The number of sulfonamides is 1. The van der Waals surface area contributed by atoms with Crippen LogP contribution in [0, 0.1) is 0 Å². The Bertz CT molecular complexity index is 531. The highest BCUT2D eigenvalue weighted by Gasteiger charge is 2.32. The zero-order valence-corrected chi connectivity index (χ0v) is 13.3. The lowest BCUT2D eigenvalue weighted by atomic mass is 10.00. The average Bonchev–Trinajstić information content (AvgIpc) is 2.46. The van der Waals surface area contributed by atoms with E-state index < -0.39 is 16.1 Å². The molecule has 2 rings (SSSR count). The number of hydrogen-bond acceptors (Lipinski definition) is 4. The van der Waals surface area contributed by atoms with E-state index in [0.29, 0.717) is 19.4 Å². The van der Waals surface area contributed by atoms with Gasteiger partial charge in [-0.25, -0.2) is 8.42 Å². The summed E-state index contributed by atoms with van der Waals surface area (Å²) < 4.78 is 26.7. The Labute approximate surface area is 127 Å². The molecule has 1 saturated heterocycles. The predicted octanol–water partition coefficient (Wildman–Crippen LogP) is 1.58. The second kappa shape index (κ2) is 7.33. The normalized spacial score (nSPS) is 22.1. The van der Waals surface area contributed by atoms with Crippen molar-refractivity contribution in [2.75, 3.05) is 12.3 Å². The van der Waals surface area contributed by atoms with Gasteiger partial charge in [0, 0.05) is 30.9 Å². The zero-order valence-electron chi connectivity index (χ0n) is 12.5. The number of aliphatic hydroxyl groups excluding tert-OH is 1. The number of piperidine rings is 1. The van der Waals surface area contributed by atoms with Crippen LogP contribution in [-0.4, -0.2) is 47.3 Å². The molecule has 1 aliphatic rings. The van der Waals surface area contributed by atoms with Crippen LogP contribution >= 0.6 is 0 Å². The third kappa shape index (κ3) is 4.76. The zero-order chi connectivity index (χ0) is 15.3. The molecule has 2 heterocycles. The van der Waals surface area contributed by atoms with Gasteiger partial charge in [0.15, 0.2) is 0 Å². The second-order valence-electron chi connectivity index (χ2n) is 5.73. The van der Waals surface area contributed by atoms with Gasteiger partial charge < -0.3 is 5.11 Å². The maximum absolute atomic E-state index is 12.6. The summed E-state index contributed by atoms with van der Waals surface area (Å²) >= 11 is 0. The fourth-order valence-corrected chi connectivity index (χ4v) is 4.62. The highest BCUT2D eigenvalue weighted by atomic mass is 32.2. The largest absolute Gasteiger partial charge is 0.393 e. The van der Waals surface area contributed by atoms with E-state index in [4.69, 9.17) is 0 Å². The van der Waals surface area contributed by atoms with Gasteiger partial charge in [-0.15, -0.1) is 0 Å². The fraction of sp³-hybridized carbons (Fsp3) is 0.667. The number of pyridine rings is 1. The van der Waals surface area contributed by atoms with Crippen LogP contribution < -0.4 is 0 Å². The van der Waals surface area contributed by atoms with Crippen LogP contribution in [0.25, 0.3) is 0 Å². The molecule has 0 spiro atoms. The van der Waals surface area contributed by atoms with E-state index in [-0.39, 0.29) is 11.8 Å². The Morgan fingerprint density at radius 2 is 2.24 bits per heavy atom. The Morgan fingerprint density at radius 1 is 1.43 bits per heavy atom. The predicted molar refractivity (Wildman–Crippen MR) is 82.4 cm³/mol. The van der Waals surface area contributed by atoms with Gasteiger partial charge in [0.05, 0.1) is 11.9 Å². The van der Waals surface area contributed by atoms with E-state index in [9.17, 15) is 13.5 Å². The molecule has 1 N–H and O–H groups in total. The molecule has 1 aromatic rings. The number of nitrogens with zero attached hydrogens (tertiary/aromatic N) is 2. The molecular weight excluding hydrogens is 288 g/mol. The molecule has 1 aliphatic heterocycles. The van der Waals surface area contributed by atoms with Gasteiger partial charge in [-0.3, -0.25) is 4.98 Å². The summed E-state index contributed by atoms with van der Waals surface area (Å²) in [5, 5.41) is 9.56. The Morgan fingerprint density at radius 3 is 2.90 bits per heavy atom. The topological polar surface area (TPSA) is 70.5 Å². The minimum atomic E-state index is -3.29. The van der Waals surface area contributed by atoms with Crippen LogP contribution in [0.4, 0.5) is 0 Å². The first-order chi connectivity index (χ1) is 9.99. The summed E-state index contributed by atoms with van der Waals surface area (Å²) in [7, 11) is -3.29. The van der Waals surface area contributed by atoms with Crippen LogP contribution in [-0.2, 0) is 16.4 Å². The molecule has 1 aromatic heterocycles. The number of aromatic nitrogens is 1. The van der Waals surface area contributed by atoms with Gasteiger partial charge in [0.2, 0.25) is 10.0 Å². The average molecular weight is 312 g/mol. The van der Waals surface area contributed by atoms with Crippen LogP contribution in [0.5, 0.6) is 0 Å². The molecule has 2 atom stereocenters. The quantitative estimate of drug-likeness (QED) is 0.866. The maximum Gasteiger partial charge on any atom is 0.214 e. The molecule has 5 nitrogen and oxygen atoms in total. The minimum Gasteiger partial charge on any atom is -0.393 e. The smallest absolute Gasteiger partial charge is 0.214 e. The van der Waals surface area contributed by atoms with Crippen molar-refractivity contribution in [3.63, 3.8) is 0 Å². The molecule has 1 fully saturated rings. The lowest BCUT2D eigenvalue weighted by molar-refractivity contribution is 0.132. The van der Waals surface area contributed by atoms with Crippen molar-refractivity contribution in [2.24, 2.45) is 0 Å². The number of rotatable bonds is 6. The summed E-state index contributed by atoms with van der Waals surface area (Å²) in [6.45, 7) is 2.29. The second-order valence-corrected chi connectivity index (χ2v) is 7.77. The Kier molecular flexibility index (Phi) is 5.72. The molecule has 0 amide bonds. The van der Waals surface area contributed by atoms with Crippen LogP contribution in [0.1, 0.15) is 38.3 Å². The fourth-order valence-electron chi connectivity index (χ4n) is 2.87. The summed E-state index contributed by atoms with van der Waals surface area (Å²) in [5.41, 5.74) is 0.796. The van der Waals surface area contributed by atoms with Crippen LogP contribution in [0.2, 0.25) is 0 Å². The highest BCUT2D eigenvalue weighted by Crippen LogP contribution is 2.24. The number of hydrogen-bond donors (Lipinski definition) is 1. The van der Waals surface area contributed by atoms with Crippen molar-refractivity contribution in [3.05, 3.63) is 30.1 Å². The molecule has 0 radical (unpaired) electrons. The highest BCUT2D eigenvalue weighted by molar-refractivity contribution is 7.89. The van der Waals surface area contributed by atoms with Gasteiger partial charge >= 0.3 is 0 Å². The molecule has 0 aromatic carbocycles. The standard InChI is InChI=1S/C15H24N2O3S/c1-13(18)12-15-7-3-5-10-17(15)21(19,20)11-8-14-6-2-4-9-16-14/h2,4,6,9,13,15,18H,3,5,7-8,10-12H2,1H3. The summed E-state index contributed by atoms with van der Waals surface area (Å²) in [6.07, 6.45) is 4.93. The van der Waals surface area contributed by atoms with Crippen molar-refractivity contribution in [2.45, 2.75) is 51.2 Å². The lowest BCUT2D eigenvalue weighted by Gasteiger charge is -2.35. The molecule has 0 bridgehead atoms. The SMILES string of the molecule is CC(O)CC1CCCCN1S(=O)(=O)CCc1ccccn1. The number of aliphatic hydroxyl groups is 1. The maximum atomic E-state index is 12.6. The third-order valence-corrected chi connectivity index (χ3v) is 5.80. The van der Waals surface area contributed by atoms with E-state index in [1.54, 1.807) is 17.4 Å². The summed E-state index contributed by atoms with van der Waals surface area (Å²) in [5.74, 6) is 0.0837. The van der Waals surface area contributed by atoms with Crippen molar-refractivity contribution in [1.82, 2.24) is 9.29 Å². The van der Waals surface area contributed by atoms with E-state index in [2.05, 4.69) is 4.98 Å². The van der Waals surface area contributed by atoms with Gasteiger partial charge in [-0.2, -0.15) is 4.31 Å². The Hall–Kier alpha value is -0.980. The van der Waals surface area contributed by atoms with Crippen molar-refractivity contribution in [1.29, 1.82) is 0 Å². The van der Waals surface area contributed by atoms with Crippen LogP contribution in [0.3, 0.4) is 0 Å². The molecule has 2 unspecified atom stereocenters. The number of aryl methyl sites for hydroxylation is 1. The monoisotopic (exact) mass is 312 g/mol. The van der Waals surface area contributed by atoms with Crippen molar-refractivity contribution in [3.8, 4) is 0 Å². The minimum absolute atomic E-state index is 0.0625. The van der Waals surface area contributed by atoms with E-state index >= 15 is 0 Å². The van der Waals surface area contributed by atoms with E-state index in [1.807, 2.05) is 18.2 Å². The first kappa shape index (κ1) is 16.4. The molecule has 21 heavy (non-hydrogen) atoms. The first-order valence-corrected chi connectivity index (χ1v) is 9.17. The van der Waals surface area contributed by atoms with Crippen molar-refractivity contribution < 1.29 is 13.5 Å². The summed E-state index contributed by atoms with van der Waals surface area (Å²) in [4.78, 5) is 4.17. The third-order valence-electron chi connectivity index (χ3n) is 3.89. The molecule has 0 saturated carbocycles. The van der Waals surface area contributed by atoms with Gasteiger partial charge in [0.1, 0.15) is 0 Å². The summed E-state index contributed by atoms with van der Waals surface area (Å²) in [6, 6.07) is 5.47.